The van der Waals surface area contributed by atoms with Crippen LogP contribution in [-0.2, 0) is 39.5 Å². The van der Waals surface area contributed by atoms with Crippen molar-refractivity contribution in [3.63, 3.8) is 0 Å². The van der Waals surface area contributed by atoms with Gasteiger partial charge in [0.15, 0.2) is 0 Å². The van der Waals surface area contributed by atoms with E-state index in [0.29, 0.717) is 103 Å². The van der Waals surface area contributed by atoms with Crippen LogP contribution in [0, 0.1) is 0 Å². The van der Waals surface area contributed by atoms with Crippen molar-refractivity contribution in [2.45, 2.75) is 105 Å². The molecule has 0 spiro atoms. The molecule has 0 aromatic rings. The molecule has 0 radical (unpaired) electrons. The summed E-state index contributed by atoms with van der Waals surface area (Å²) in [5.41, 5.74) is 22.0. The molecule has 0 aliphatic carbocycles. The van der Waals surface area contributed by atoms with Crippen molar-refractivity contribution in [3.05, 3.63) is 0 Å². The second kappa shape index (κ2) is 35.6. The molecule has 0 amide bonds. The van der Waals surface area contributed by atoms with Crippen LogP contribution >= 0.6 is 0 Å². The normalized spacial score (nSPS) is 12.1. The summed E-state index contributed by atoms with van der Waals surface area (Å²) in [4.78, 5) is 19.6. The van der Waals surface area contributed by atoms with Crippen molar-refractivity contribution in [1.82, 2.24) is 0 Å². The molecule has 12 N–H and O–H groups in total. The molecule has 0 saturated carbocycles. The molecule has 0 saturated heterocycles. The molecule has 0 aromatic carbocycles. The fraction of sp³-hybridized carbons (Fsp3) is 1.00. The standard InChI is InChI=1S/C14H36N2O5Si2.2C7H19NO3Si.H2O/c1-5-17-22(18-6-2,13-9-11-15)21-23(19-7-3,20-8-4)14-10-12-16;2*1-3-10-12(9,11-4-2)7-5-6-8;/h5-16H2,1-4H3;2*9H,3-8H2,1-2H3;1H2. The third kappa shape index (κ3) is 27.9. The summed E-state index contributed by atoms with van der Waals surface area (Å²) < 4.78 is 51.2. The largest absolute Gasteiger partial charge is 0.498 e. The maximum absolute atomic E-state index is 9.78. The average Bonchev–Trinajstić information content (AvgIpc) is 3.02. The Morgan fingerprint density at radius 3 is 0.771 bits per heavy atom. The van der Waals surface area contributed by atoms with Crippen molar-refractivity contribution < 1.29 is 54.6 Å². The first-order valence-corrected chi connectivity index (χ1v) is 25.3. The lowest BCUT2D eigenvalue weighted by Gasteiger charge is -2.38. The second-order valence-electron chi connectivity index (χ2n) is 9.93. The molecule has 0 bridgehead atoms. The van der Waals surface area contributed by atoms with E-state index < -0.39 is 35.2 Å². The van der Waals surface area contributed by atoms with Gasteiger partial charge in [0, 0.05) is 77.0 Å². The SMILES string of the molecule is CCO[Si](CCCN)(OCC)O[Si](CCCN)(OCC)OCC.CCO[Si](O)(CCCN)OCC.CCO[Si](O)(CCCN)OCC.O. The van der Waals surface area contributed by atoms with E-state index in [-0.39, 0.29) is 5.48 Å². The van der Waals surface area contributed by atoms with Gasteiger partial charge in [-0.2, -0.15) is 0 Å². The summed E-state index contributed by atoms with van der Waals surface area (Å²) in [6.07, 6.45) is 3.07. The zero-order valence-corrected chi connectivity index (χ0v) is 35.5. The van der Waals surface area contributed by atoms with E-state index in [1.165, 1.54) is 0 Å². The molecule has 0 heterocycles. The van der Waals surface area contributed by atoms with Crippen LogP contribution in [0.3, 0.4) is 0 Å². The minimum atomic E-state index is -2.89. The first kappa shape index (κ1) is 55.0. The van der Waals surface area contributed by atoms with Crippen molar-refractivity contribution in [2.24, 2.45) is 22.9 Å². The smallest absolute Gasteiger partial charge is 0.412 e. The van der Waals surface area contributed by atoms with Crippen LogP contribution in [0.15, 0.2) is 0 Å². The highest BCUT2D eigenvalue weighted by Crippen LogP contribution is 2.28. The Morgan fingerprint density at radius 2 is 0.583 bits per heavy atom. The second-order valence-corrected chi connectivity index (χ2v) is 20.6. The van der Waals surface area contributed by atoms with Gasteiger partial charge in [-0.3, -0.25) is 0 Å². The summed E-state index contributed by atoms with van der Waals surface area (Å²) in [5, 5.41) is 0. The van der Waals surface area contributed by atoms with Crippen LogP contribution in [0.2, 0.25) is 24.2 Å². The molecule has 48 heavy (non-hydrogen) atoms. The number of hydrogen-bond acceptors (Lipinski definition) is 15. The molecule has 0 fully saturated rings. The highest BCUT2D eigenvalue weighted by Gasteiger charge is 2.52. The lowest BCUT2D eigenvalue weighted by molar-refractivity contribution is 0.0490. The van der Waals surface area contributed by atoms with Gasteiger partial charge in [0.25, 0.3) is 0 Å². The Kier molecular flexibility index (Phi) is 40.8. The van der Waals surface area contributed by atoms with E-state index in [2.05, 4.69) is 0 Å². The topological polar surface area (TPSA) is 259 Å². The van der Waals surface area contributed by atoms with Crippen molar-refractivity contribution in [1.29, 1.82) is 0 Å². The van der Waals surface area contributed by atoms with Gasteiger partial charge in [0.1, 0.15) is 0 Å². The maximum Gasteiger partial charge on any atom is 0.498 e. The molecule has 0 aromatic heterocycles. The molecular weight excluding hydrogens is 697 g/mol. The number of hydrogen-bond donors (Lipinski definition) is 6. The van der Waals surface area contributed by atoms with E-state index in [0.717, 1.165) is 25.7 Å². The summed E-state index contributed by atoms with van der Waals surface area (Å²) in [7, 11) is -11.5. The Morgan fingerprint density at radius 1 is 0.375 bits per heavy atom. The molecular formula is C28H76N4O12Si4. The van der Waals surface area contributed by atoms with Gasteiger partial charge in [-0.1, -0.05) is 0 Å². The van der Waals surface area contributed by atoms with Gasteiger partial charge in [-0.05, 0) is 107 Å². The zero-order chi connectivity index (χ0) is 36.5. The van der Waals surface area contributed by atoms with Gasteiger partial charge in [0.05, 0.1) is 0 Å². The predicted octanol–water partition coefficient (Wildman–Crippen LogP) is 1.58. The van der Waals surface area contributed by atoms with Crippen LogP contribution < -0.4 is 22.9 Å². The molecule has 16 nitrogen and oxygen atoms in total. The van der Waals surface area contributed by atoms with Gasteiger partial charge >= 0.3 is 35.2 Å². The first-order chi connectivity index (χ1) is 22.4. The van der Waals surface area contributed by atoms with Crippen LogP contribution in [0.25, 0.3) is 0 Å². The first-order valence-electron chi connectivity index (χ1n) is 17.5. The van der Waals surface area contributed by atoms with E-state index in [1.54, 1.807) is 0 Å². The number of nitrogens with two attached hydrogens (primary N) is 4. The molecule has 0 unspecified atom stereocenters. The highest BCUT2D eigenvalue weighted by atomic mass is 28.5. The molecule has 0 aliphatic heterocycles. The van der Waals surface area contributed by atoms with Crippen molar-refractivity contribution >= 4 is 35.2 Å². The fourth-order valence-electron chi connectivity index (χ4n) is 4.27. The third-order valence-corrected chi connectivity index (χ3v) is 18.3. The van der Waals surface area contributed by atoms with Gasteiger partial charge < -0.3 is 77.5 Å². The van der Waals surface area contributed by atoms with E-state index >= 15 is 0 Å². The monoisotopic (exact) mass is 772 g/mol. The maximum atomic E-state index is 9.78. The van der Waals surface area contributed by atoms with Gasteiger partial charge in [-0.25, -0.2) is 0 Å². The van der Waals surface area contributed by atoms with Crippen LogP contribution in [-0.4, -0.2) is 129 Å². The fourth-order valence-corrected chi connectivity index (χ4v) is 15.6. The van der Waals surface area contributed by atoms with Gasteiger partial charge in [0.2, 0.25) is 0 Å². The van der Waals surface area contributed by atoms with Crippen LogP contribution in [0.4, 0.5) is 0 Å². The van der Waals surface area contributed by atoms with E-state index in [1.807, 2.05) is 55.4 Å². The summed E-state index contributed by atoms with van der Waals surface area (Å²) in [6.45, 7) is 21.5. The van der Waals surface area contributed by atoms with Crippen LogP contribution in [0.5, 0.6) is 0 Å². The summed E-state index contributed by atoms with van der Waals surface area (Å²) in [5.74, 6) is 0. The van der Waals surface area contributed by atoms with Crippen molar-refractivity contribution in [3.8, 4) is 0 Å². The summed E-state index contributed by atoms with van der Waals surface area (Å²) in [6, 6.07) is 2.46. The third-order valence-electron chi connectivity index (χ3n) is 6.02. The quantitative estimate of drug-likeness (QED) is 0.0567. The number of rotatable bonds is 30. The Bertz CT molecular complexity index is 598. The Labute approximate surface area is 296 Å². The summed E-state index contributed by atoms with van der Waals surface area (Å²) >= 11 is 0. The molecule has 20 heteroatoms. The van der Waals surface area contributed by atoms with E-state index in [9.17, 15) is 9.59 Å². The van der Waals surface area contributed by atoms with Gasteiger partial charge in [-0.15, -0.1) is 0 Å². The molecule has 0 rings (SSSR count). The highest BCUT2D eigenvalue weighted by molar-refractivity contribution is 6.75. The van der Waals surface area contributed by atoms with Crippen LogP contribution in [0.1, 0.15) is 81.1 Å². The zero-order valence-electron chi connectivity index (χ0n) is 31.5. The molecule has 296 valence electrons. The van der Waals surface area contributed by atoms with Crippen molar-refractivity contribution in [2.75, 3.05) is 79.0 Å². The predicted molar refractivity (Wildman–Crippen MR) is 199 cm³/mol. The molecule has 0 atom stereocenters. The Hall–Kier alpha value is 0.228. The lowest BCUT2D eigenvalue weighted by Crippen LogP contribution is -2.59. The van der Waals surface area contributed by atoms with E-state index in [4.69, 9.17) is 62.5 Å². The minimum Gasteiger partial charge on any atom is -0.412 e. The molecule has 0 aliphatic rings. The minimum absolute atomic E-state index is 0. The average molecular weight is 773 g/mol. The Balaban J connectivity index is -0.000000328. The lowest BCUT2D eigenvalue weighted by atomic mass is 10.5.